The molecule has 1 N–H and O–H groups in total. The first-order chi connectivity index (χ1) is 6.65. The van der Waals surface area contributed by atoms with Crippen molar-refractivity contribution < 1.29 is 5.11 Å². The number of hydrogen-bond donors (Lipinski definition) is 1. The Morgan fingerprint density at radius 2 is 2.21 bits per heavy atom. The Kier molecular flexibility index (Phi) is 4.04. The lowest BCUT2D eigenvalue weighted by molar-refractivity contribution is 0.187. The largest absolute Gasteiger partial charge is 0.388 e. The van der Waals surface area contributed by atoms with Crippen LogP contribution in [-0.2, 0) is 0 Å². The van der Waals surface area contributed by atoms with Crippen molar-refractivity contribution >= 4 is 23.2 Å². The average Bonchev–Trinajstić information content (AvgIpc) is 2.18. The van der Waals surface area contributed by atoms with Gasteiger partial charge in [0.05, 0.1) is 12.6 Å². The fourth-order valence-corrected chi connectivity index (χ4v) is 1.41. The summed E-state index contributed by atoms with van der Waals surface area (Å²) in [4.78, 5) is 2.54. The average molecular weight is 232 g/mol. The highest BCUT2D eigenvalue weighted by Crippen LogP contribution is 2.26. The van der Waals surface area contributed by atoms with Gasteiger partial charge in [0.25, 0.3) is 0 Å². The van der Waals surface area contributed by atoms with E-state index in [2.05, 4.69) is 10.0 Å². The van der Waals surface area contributed by atoms with Crippen molar-refractivity contribution in [1.29, 1.82) is 0 Å². The number of hydrogen-bond acceptors (Lipinski definition) is 2. The lowest BCUT2D eigenvalue weighted by Gasteiger charge is -2.09. The number of aliphatic hydroxyl groups is 1. The highest BCUT2D eigenvalue weighted by atomic mass is 35.5. The number of rotatable bonds is 3. The Morgan fingerprint density at radius 1 is 1.50 bits per heavy atom. The van der Waals surface area contributed by atoms with Gasteiger partial charge in [0.15, 0.2) is 0 Å². The maximum atomic E-state index is 9.55. The van der Waals surface area contributed by atoms with Gasteiger partial charge in [-0.1, -0.05) is 28.3 Å². The molecule has 0 bridgehead atoms. The zero-order chi connectivity index (χ0) is 10.6. The van der Waals surface area contributed by atoms with Crippen LogP contribution in [0.4, 0.5) is 0 Å². The molecule has 0 aromatic heterocycles. The van der Waals surface area contributed by atoms with Gasteiger partial charge in [0.2, 0.25) is 0 Å². The van der Waals surface area contributed by atoms with Crippen molar-refractivity contribution in [2.75, 3.05) is 6.54 Å². The minimum absolute atomic E-state index is 0.0590. The molecule has 6 heteroatoms. The van der Waals surface area contributed by atoms with Crippen molar-refractivity contribution in [3.05, 3.63) is 44.3 Å². The Labute approximate surface area is 90.7 Å². The molecule has 0 amide bonds. The van der Waals surface area contributed by atoms with Crippen LogP contribution in [0.2, 0.25) is 10.0 Å². The molecule has 0 saturated heterocycles. The summed E-state index contributed by atoms with van der Waals surface area (Å²) in [5.41, 5.74) is 8.54. The van der Waals surface area contributed by atoms with E-state index in [9.17, 15) is 5.11 Å². The zero-order valence-electron chi connectivity index (χ0n) is 7.06. The van der Waals surface area contributed by atoms with Crippen LogP contribution >= 0.6 is 23.2 Å². The van der Waals surface area contributed by atoms with Crippen molar-refractivity contribution in [1.82, 2.24) is 0 Å². The molecule has 0 saturated carbocycles. The molecule has 74 valence electrons. The van der Waals surface area contributed by atoms with Gasteiger partial charge in [-0.2, -0.15) is 0 Å². The van der Waals surface area contributed by atoms with Crippen LogP contribution in [0, 0.1) is 0 Å². The third kappa shape index (κ3) is 2.79. The van der Waals surface area contributed by atoms with E-state index in [0.29, 0.717) is 15.6 Å². The summed E-state index contributed by atoms with van der Waals surface area (Å²) in [6.07, 6.45) is -0.919. The van der Waals surface area contributed by atoms with Crippen LogP contribution in [0.5, 0.6) is 0 Å². The Bertz CT molecular complexity index is 377. The molecule has 0 aliphatic heterocycles. The summed E-state index contributed by atoms with van der Waals surface area (Å²) in [7, 11) is 0. The van der Waals surface area contributed by atoms with Gasteiger partial charge >= 0.3 is 0 Å². The van der Waals surface area contributed by atoms with Crippen LogP contribution < -0.4 is 0 Å². The second kappa shape index (κ2) is 5.08. The number of halogens is 2. The monoisotopic (exact) mass is 231 g/mol. The first kappa shape index (κ1) is 11.1. The summed E-state index contributed by atoms with van der Waals surface area (Å²) in [6, 6.07) is 4.74. The van der Waals surface area contributed by atoms with Crippen molar-refractivity contribution in [2.24, 2.45) is 5.11 Å². The van der Waals surface area contributed by atoms with Crippen LogP contribution in [0.1, 0.15) is 11.7 Å². The third-order valence-electron chi connectivity index (χ3n) is 1.63. The zero-order valence-corrected chi connectivity index (χ0v) is 8.57. The molecule has 14 heavy (non-hydrogen) atoms. The molecule has 1 aromatic rings. The first-order valence-corrected chi connectivity index (χ1v) is 4.54. The van der Waals surface area contributed by atoms with E-state index >= 15 is 0 Å². The van der Waals surface area contributed by atoms with Crippen molar-refractivity contribution in [3.8, 4) is 0 Å². The second-order valence-corrected chi connectivity index (χ2v) is 3.44. The molecule has 1 unspecified atom stereocenters. The summed E-state index contributed by atoms with van der Waals surface area (Å²) < 4.78 is 0. The quantitative estimate of drug-likeness (QED) is 0.484. The maximum Gasteiger partial charge on any atom is 0.0861 e. The number of benzene rings is 1. The summed E-state index contributed by atoms with van der Waals surface area (Å²) in [5, 5.41) is 13.7. The molecule has 0 fully saturated rings. The van der Waals surface area contributed by atoms with Crippen LogP contribution in [0.25, 0.3) is 10.4 Å². The minimum atomic E-state index is -0.919. The molecule has 1 aromatic carbocycles. The molecule has 0 heterocycles. The highest BCUT2D eigenvalue weighted by Gasteiger charge is 2.10. The second-order valence-electron chi connectivity index (χ2n) is 2.60. The normalized spacial score (nSPS) is 11.9. The van der Waals surface area contributed by atoms with Gasteiger partial charge in [-0.05, 0) is 23.7 Å². The van der Waals surface area contributed by atoms with Gasteiger partial charge in [-0.3, -0.25) is 0 Å². The minimum Gasteiger partial charge on any atom is -0.388 e. The molecular weight excluding hydrogens is 225 g/mol. The van der Waals surface area contributed by atoms with E-state index in [0.717, 1.165) is 0 Å². The standard InChI is InChI=1S/C8H7Cl2N3O/c9-5-1-2-7(10)6(3-5)8(14)4-12-13-11/h1-3,8,14H,4H2. The van der Waals surface area contributed by atoms with E-state index in [1.54, 1.807) is 18.2 Å². The molecule has 0 radical (unpaired) electrons. The van der Waals surface area contributed by atoms with Gasteiger partial charge in [-0.25, -0.2) is 0 Å². The fourth-order valence-electron chi connectivity index (χ4n) is 0.982. The topological polar surface area (TPSA) is 69.0 Å². The van der Waals surface area contributed by atoms with Gasteiger partial charge in [0.1, 0.15) is 0 Å². The molecule has 4 nitrogen and oxygen atoms in total. The molecule has 1 atom stereocenters. The number of nitrogens with zero attached hydrogens (tertiary/aromatic N) is 3. The molecular formula is C8H7Cl2N3O. The third-order valence-corrected chi connectivity index (χ3v) is 2.21. The highest BCUT2D eigenvalue weighted by molar-refractivity contribution is 6.33. The Morgan fingerprint density at radius 3 is 2.86 bits per heavy atom. The van der Waals surface area contributed by atoms with E-state index in [-0.39, 0.29) is 6.54 Å². The predicted octanol–water partition coefficient (Wildman–Crippen LogP) is 3.34. The van der Waals surface area contributed by atoms with E-state index in [4.69, 9.17) is 28.7 Å². The molecule has 1 rings (SSSR count). The van der Waals surface area contributed by atoms with Crippen LogP contribution in [0.3, 0.4) is 0 Å². The van der Waals surface area contributed by atoms with E-state index < -0.39 is 6.10 Å². The van der Waals surface area contributed by atoms with Gasteiger partial charge in [-0.15, -0.1) is 0 Å². The lowest BCUT2D eigenvalue weighted by Crippen LogP contribution is -2.01. The summed E-state index contributed by atoms with van der Waals surface area (Å²) >= 11 is 11.5. The smallest absolute Gasteiger partial charge is 0.0861 e. The van der Waals surface area contributed by atoms with E-state index in [1.165, 1.54) is 0 Å². The Balaban J connectivity index is 2.93. The summed E-state index contributed by atoms with van der Waals surface area (Å²) in [5.74, 6) is 0. The molecule has 0 aliphatic carbocycles. The van der Waals surface area contributed by atoms with Gasteiger partial charge in [0, 0.05) is 20.5 Å². The molecule has 0 aliphatic rings. The van der Waals surface area contributed by atoms with E-state index in [1.807, 2.05) is 0 Å². The Hall–Kier alpha value is -0.930. The summed E-state index contributed by atoms with van der Waals surface area (Å²) in [6.45, 7) is -0.0590. The van der Waals surface area contributed by atoms with Crippen LogP contribution in [0.15, 0.2) is 23.3 Å². The number of aliphatic hydroxyl groups excluding tert-OH is 1. The van der Waals surface area contributed by atoms with Crippen molar-refractivity contribution in [2.45, 2.75) is 6.10 Å². The first-order valence-electron chi connectivity index (χ1n) is 3.79. The predicted molar refractivity (Wildman–Crippen MR) is 55.4 cm³/mol. The number of azide groups is 1. The van der Waals surface area contributed by atoms with Crippen LogP contribution in [-0.4, -0.2) is 11.7 Å². The van der Waals surface area contributed by atoms with Gasteiger partial charge < -0.3 is 5.11 Å². The fraction of sp³-hybridized carbons (Fsp3) is 0.250. The van der Waals surface area contributed by atoms with Crippen molar-refractivity contribution in [3.63, 3.8) is 0 Å². The maximum absolute atomic E-state index is 9.55. The lowest BCUT2D eigenvalue weighted by atomic mass is 10.1. The SMILES string of the molecule is [N-]=[N+]=NCC(O)c1cc(Cl)ccc1Cl. The molecule has 0 spiro atoms.